The van der Waals surface area contributed by atoms with Crippen LogP contribution in [-0.2, 0) is 0 Å². The Morgan fingerprint density at radius 2 is 1.52 bits per heavy atom. The van der Waals surface area contributed by atoms with Gasteiger partial charge in [0, 0.05) is 26.9 Å². The third-order valence-corrected chi connectivity index (χ3v) is 5.02. The van der Waals surface area contributed by atoms with E-state index in [-0.39, 0.29) is 22.6 Å². The molecule has 31 heavy (non-hydrogen) atoms. The van der Waals surface area contributed by atoms with Crippen molar-refractivity contribution in [2.75, 3.05) is 5.32 Å². The van der Waals surface area contributed by atoms with Crippen molar-refractivity contribution in [2.24, 2.45) is 0 Å². The number of carbonyl (C=O) groups excluding carboxylic acids is 2. The van der Waals surface area contributed by atoms with Crippen molar-refractivity contribution in [1.82, 2.24) is 10.6 Å². The van der Waals surface area contributed by atoms with Crippen molar-refractivity contribution in [2.45, 2.75) is 13.0 Å². The first-order chi connectivity index (χ1) is 14.8. The van der Waals surface area contributed by atoms with E-state index >= 15 is 0 Å². The van der Waals surface area contributed by atoms with E-state index in [1.54, 1.807) is 24.3 Å². The highest BCUT2D eigenvalue weighted by molar-refractivity contribution is 7.80. The molecule has 3 rings (SSSR count). The molecule has 5 nitrogen and oxygen atoms in total. The number of benzene rings is 3. The number of thiocarbonyl (C=S) groups is 1. The number of rotatable bonds is 5. The third-order valence-electron chi connectivity index (χ3n) is 4.38. The highest BCUT2D eigenvalue weighted by Gasteiger charge is 2.13. The second kappa shape index (κ2) is 10.4. The second-order valence-corrected chi connectivity index (χ2v) is 8.03. The van der Waals surface area contributed by atoms with Crippen molar-refractivity contribution in [1.29, 1.82) is 0 Å². The van der Waals surface area contributed by atoms with Gasteiger partial charge in [-0.1, -0.05) is 59.6 Å². The molecule has 0 aliphatic heterocycles. The number of amides is 2. The first-order valence-corrected chi connectivity index (χ1v) is 10.5. The van der Waals surface area contributed by atoms with E-state index in [2.05, 4.69) is 16.0 Å². The van der Waals surface area contributed by atoms with Gasteiger partial charge in [0.15, 0.2) is 5.11 Å². The minimum Gasteiger partial charge on any atom is -0.346 e. The monoisotopic (exact) mass is 471 g/mol. The smallest absolute Gasteiger partial charge is 0.257 e. The fourth-order valence-electron chi connectivity index (χ4n) is 2.87. The molecule has 1 unspecified atom stereocenters. The minimum atomic E-state index is -0.451. The van der Waals surface area contributed by atoms with Crippen LogP contribution < -0.4 is 16.0 Å². The SMILES string of the molecule is CC(NC(=O)c1cccc(NC(=S)NC(=O)c2cc(Cl)cc(Cl)c2)c1)c1ccccc1. The van der Waals surface area contributed by atoms with E-state index in [1.807, 2.05) is 37.3 Å². The molecule has 0 aliphatic rings. The van der Waals surface area contributed by atoms with Gasteiger partial charge in [0.05, 0.1) is 6.04 Å². The highest BCUT2D eigenvalue weighted by atomic mass is 35.5. The Hall–Kier alpha value is -2.93. The summed E-state index contributed by atoms with van der Waals surface area (Å²) in [5, 5.41) is 9.21. The van der Waals surface area contributed by atoms with Crippen LogP contribution in [0.3, 0.4) is 0 Å². The summed E-state index contributed by atoms with van der Waals surface area (Å²) in [5.41, 5.74) is 2.32. The van der Waals surface area contributed by atoms with Crippen LogP contribution in [0, 0.1) is 0 Å². The Bertz CT molecular complexity index is 1100. The lowest BCUT2D eigenvalue weighted by Crippen LogP contribution is -2.34. The first-order valence-electron chi connectivity index (χ1n) is 9.36. The highest BCUT2D eigenvalue weighted by Crippen LogP contribution is 2.19. The van der Waals surface area contributed by atoms with E-state index < -0.39 is 5.91 Å². The van der Waals surface area contributed by atoms with E-state index in [0.717, 1.165) is 5.56 Å². The van der Waals surface area contributed by atoms with Crippen LogP contribution in [0.15, 0.2) is 72.8 Å². The van der Waals surface area contributed by atoms with Gasteiger partial charge < -0.3 is 10.6 Å². The van der Waals surface area contributed by atoms with Crippen LogP contribution in [0.4, 0.5) is 5.69 Å². The van der Waals surface area contributed by atoms with Gasteiger partial charge in [0.25, 0.3) is 11.8 Å². The maximum atomic E-state index is 12.6. The number of carbonyl (C=O) groups is 2. The molecule has 0 radical (unpaired) electrons. The van der Waals surface area contributed by atoms with Gasteiger partial charge in [-0.05, 0) is 61.1 Å². The molecule has 0 aromatic heterocycles. The van der Waals surface area contributed by atoms with E-state index in [0.29, 0.717) is 21.3 Å². The standard InChI is InChI=1S/C23H19Cl2N3O2S/c1-14(15-6-3-2-4-7-15)26-21(29)16-8-5-9-20(12-16)27-23(31)28-22(30)17-10-18(24)13-19(25)11-17/h2-14H,1H3,(H,26,29)(H2,27,28,30,31). The quantitative estimate of drug-likeness (QED) is 0.422. The summed E-state index contributed by atoms with van der Waals surface area (Å²) < 4.78 is 0. The number of halogens is 2. The van der Waals surface area contributed by atoms with Gasteiger partial charge in [-0.15, -0.1) is 0 Å². The summed E-state index contributed by atoms with van der Waals surface area (Å²) in [6.45, 7) is 1.92. The predicted molar refractivity (Wildman–Crippen MR) is 129 cm³/mol. The molecule has 8 heteroatoms. The van der Waals surface area contributed by atoms with Crippen molar-refractivity contribution in [3.05, 3.63) is 99.5 Å². The van der Waals surface area contributed by atoms with E-state index in [4.69, 9.17) is 35.4 Å². The minimum absolute atomic E-state index is 0.0799. The summed E-state index contributed by atoms with van der Waals surface area (Å²) in [4.78, 5) is 25.0. The first kappa shape index (κ1) is 22.7. The lowest BCUT2D eigenvalue weighted by Gasteiger charge is -2.15. The molecular weight excluding hydrogens is 453 g/mol. The molecule has 3 aromatic rings. The number of hydrogen-bond donors (Lipinski definition) is 3. The fourth-order valence-corrected chi connectivity index (χ4v) is 3.60. The molecule has 0 saturated heterocycles. The third kappa shape index (κ3) is 6.52. The Labute approximate surface area is 195 Å². The van der Waals surface area contributed by atoms with Crippen LogP contribution in [0.1, 0.15) is 39.2 Å². The maximum Gasteiger partial charge on any atom is 0.257 e. The molecule has 158 valence electrons. The van der Waals surface area contributed by atoms with Gasteiger partial charge >= 0.3 is 0 Å². The van der Waals surface area contributed by atoms with Crippen LogP contribution >= 0.6 is 35.4 Å². The number of nitrogens with one attached hydrogen (secondary N) is 3. The maximum absolute atomic E-state index is 12.6. The largest absolute Gasteiger partial charge is 0.346 e. The summed E-state index contributed by atoms with van der Waals surface area (Å²) in [7, 11) is 0. The molecular formula is C23H19Cl2N3O2S. The van der Waals surface area contributed by atoms with Crippen LogP contribution in [0.5, 0.6) is 0 Å². The zero-order valence-corrected chi connectivity index (χ0v) is 18.8. The zero-order chi connectivity index (χ0) is 22.4. The number of hydrogen-bond acceptors (Lipinski definition) is 3. The summed E-state index contributed by atoms with van der Waals surface area (Å²) in [6, 6.07) is 20.9. The molecule has 0 fully saturated rings. The average Bonchev–Trinajstić information content (AvgIpc) is 2.73. The second-order valence-electron chi connectivity index (χ2n) is 6.75. The van der Waals surface area contributed by atoms with Crippen molar-refractivity contribution >= 4 is 58.0 Å². The summed E-state index contributed by atoms with van der Waals surface area (Å²) in [6.07, 6.45) is 0. The molecule has 0 bridgehead atoms. The van der Waals surface area contributed by atoms with Gasteiger partial charge in [0.1, 0.15) is 0 Å². The Morgan fingerprint density at radius 3 is 2.19 bits per heavy atom. The van der Waals surface area contributed by atoms with Crippen LogP contribution in [0.2, 0.25) is 10.0 Å². The Kier molecular flexibility index (Phi) is 7.63. The lowest BCUT2D eigenvalue weighted by atomic mass is 10.1. The van der Waals surface area contributed by atoms with Gasteiger partial charge in [-0.25, -0.2) is 0 Å². The van der Waals surface area contributed by atoms with Gasteiger partial charge in [-0.2, -0.15) is 0 Å². The molecule has 2 amide bonds. The molecule has 0 heterocycles. The van der Waals surface area contributed by atoms with Crippen LogP contribution in [-0.4, -0.2) is 16.9 Å². The molecule has 3 aromatic carbocycles. The summed E-state index contributed by atoms with van der Waals surface area (Å²) in [5.74, 6) is -0.670. The number of anilines is 1. The van der Waals surface area contributed by atoms with Gasteiger partial charge in [-0.3, -0.25) is 14.9 Å². The molecule has 3 N–H and O–H groups in total. The van der Waals surface area contributed by atoms with Gasteiger partial charge in [0.2, 0.25) is 0 Å². The fraction of sp³-hybridized carbons (Fsp3) is 0.0870. The van der Waals surface area contributed by atoms with Crippen LogP contribution in [0.25, 0.3) is 0 Å². The van der Waals surface area contributed by atoms with E-state index in [1.165, 1.54) is 18.2 Å². The lowest BCUT2D eigenvalue weighted by molar-refractivity contribution is 0.0938. The Balaban J connectivity index is 1.62. The molecule has 0 spiro atoms. The Morgan fingerprint density at radius 1 is 0.839 bits per heavy atom. The predicted octanol–water partition coefficient (Wildman–Crippen LogP) is 5.61. The topological polar surface area (TPSA) is 70.2 Å². The normalized spacial score (nSPS) is 11.3. The van der Waals surface area contributed by atoms with Crippen molar-refractivity contribution in [3.63, 3.8) is 0 Å². The molecule has 0 aliphatic carbocycles. The molecule has 0 saturated carbocycles. The average molecular weight is 472 g/mol. The van der Waals surface area contributed by atoms with E-state index in [9.17, 15) is 9.59 Å². The summed E-state index contributed by atoms with van der Waals surface area (Å²) >= 11 is 17.1. The van der Waals surface area contributed by atoms with Crippen molar-refractivity contribution in [3.8, 4) is 0 Å². The zero-order valence-electron chi connectivity index (χ0n) is 16.5. The molecule has 1 atom stereocenters. The van der Waals surface area contributed by atoms with Crippen molar-refractivity contribution < 1.29 is 9.59 Å².